The summed E-state index contributed by atoms with van der Waals surface area (Å²) < 4.78 is 6.99. The summed E-state index contributed by atoms with van der Waals surface area (Å²) in [5.74, 6) is -0.441. The normalized spacial score (nSPS) is 18.9. The Labute approximate surface area is 248 Å². The van der Waals surface area contributed by atoms with Gasteiger partial charge in [-0.05, 0) is 43.7 Å². The molecule has 0 radical (unpaired) electrons. The molecule has 0 saturated carbocycles. The van der Waals surface area contributed by atoms with Crippen molar-refractivity contribution in [2.75, 3.05) is 53.0 Å². The van der Waals surface area contributed by atoms with E-state index < -0.39 is 0 Å². The van der Waals surface area contributed by atoms with E-state index in [9.17, 15) is 19.2 Å². The Morgan fingerprint density at radius 2 is 1.86 bits per heavy atom. The van der Waals surface area contributed by atoms with Gasteiger partial charge in [-0.2, -0.15) is 5.10 Å². The van der Waals surface area contributed by atoms with Crippen LogP contribution in [0.25, 0.3) is 0 Å². The Hall–Kier alpha value is -3.73. The molecule has 42 heavy (non-hydrogen) atoms. The van der Waals surface area contributed by atoms with Gasteiger partial charge >= 0.3 is 0 Å². The number of hydrogen-bond donors (Lipinski definition) is 1. The first-order valence-corrected chi connectivity index (χ1v) is 14.9. The quantitative estimate of drug-likeness (QED) is 0.535. The second-order valence-corrected chi connectivity index (χ2v) is 11.5. The van der Waals surface area contributed by atoms with E-state index in [0.29, 0.717) is 36.6 Å². The maximum atomic E-state index is 13.8. The summed E-state index contributed by atoms with van der Waals surface area (Å²) in [7, 11) is 3.39. The third kappa shape index (κ3) is 7.56. The van der Waals surface area contributed by atoms with Gasteiger partial charge in [0, 0.05) is 76.2 Å². The lowest BCUT2D eigenvalue weighted by atomic mass is 9.89. The number of methoxy groups -OCH3 is 1. The van der Waals surface area contributed by atoms with Gasteiger partial charge < -0.3 is 24.8 Å². The minimum absolute atomic E-state index is 0.00965. The van der Waals surface area contributed by atoms with Crippen LogP contribution in [-0.2, 0) is 34.2 Å². The summed E-state index contributed by atoms with van der Waals surface area (Å²) in [4.78, 5) is 59.1. The second-order valence-electron chi connectivity index (χ2n) is 11.5. The fourth-order valence-corrected chi connectivity index (χ4v) is 5.73. The zero-order chi connectivity index (χ0) is 30.2. The standard InChI is InChI=1S/C31H44N6O5/c1-22(2)12-16-37-24-10-11-26-25(20-24)29(33-34(26)3)31(41)36(18-19-42-4)21-27(38)32-14-17-35(15-13-28(37)39)30(40)23-8-6-5-7-9-23/h5-9,22,24H,10-21H2,1-4H3,(H,32,38). The third-order valence-corrected chi connectivity index (χ3v) is 8.13. The number of ether oxygens (including phenoxy) is 1. The summed E-state index contributed by atoms with van der Waals surface area (Å²) in [5.41, 5.74) is 2.70. The summed E-state index contributed by atoms with van der Waals surface area (Å²) >= 11 is 0. The maximum absolute atomic E-state index is 13.8. The number of amides is 4. The third-order valence-electron chi connectivity index (χ3n) is 8.13. The van der Waals surface area contributed by atoms with Crippen molar-refractivity contribution in [3.05, 3.63) is 52.8 Å². The molecule has 1 atom stereocenters. The topological polar surface area (TPSA) is 117 Å². The molecule has 2 aromatic rings. The van der Waals surface area contributed by atoms with E-state index in [1.54, 1.807) is 41.0 Å². The van der Waals surface area contributed by atoms with Crippen molar-refractivity contribution >= 4 is 23.6 Å². The SMILES string of the molecule is COCCN1CC(=O)NCCN(C(=O)c2ccccc2)CCC(=O)N(CCC(C)C)C2CCc3c(c(nn3C)C1=O)C2. The highest BCUT2D eigenvalue weighted by atomic mass is 16.5. The molecule has 2 bridgehead atoms. The van der Waals surface area contributed by atoms with Crippen LogP contribution in [0.2, 0.25) is 0 Å². The largest absolute Gasteiger partial charge is 0.383 e. The van der Waals surface area contributed by atoms with E-state index in [2.05, 4.69) is 24.3 Å². The van der Waals surface area contributed by atoms with E-state index in [-0.39, 0.29) is 75.4 Å². The predicted molar refractivity (Wildman–Crippen MR) is 158 cm³/mol. The summed E-state index contributed by atoms with van der Waals surface area (Å²) in [6, 6.07) is 8.88. The molecule has 0 fully saturated rings. The minimum atomic E-state index is -0.336. The first-order valence-electron chi connectivity index (χ1n) is 14.9. The summed E-state index contributed by atoms with van der Waals surface area (Å²) in [6.45, 7) is 5.92. The molecule has 1 unspecified atom stereocenters. The van der Waals surface area contributed by atoms with Crippen molar-refractivity contribution in [2.24, 2.45) is 13.0 Å². The van der Waals surface area contributed by atoms with Gasteiger partial charge in [0.05, 0.1) is 13.2 Å². The van der Waals surface area contributed by atoms with Gasteiger partial charge in [-0.15, -0.1) is 0 Å². The van der Waals surface area contributed by atoms with Crippen molar-refractivity contribution in [3.63, 3.8) is 0 Å². The van der Waals surface area contributed by atoms with Gasteiger partial charge in [-0.3, -0.25) is 23.9 Å². The van der Waals surface area contributed by atoms with E-state index in [1.165, 1.54) is 4.90 Å². The first kappa shape index (κ1) is 31.2. The van der Waals surface area contributed by atoms with E-state index in [0.717, 1.165) is 24.1 Å². The lowest BCUT2D eigenvalue weighted by molar-refractivity contribution is -0.134. The van der Waals surface area contributed by atoms with Crippen molar-refractivity contribution in [2.45, 2.75) is 52.0 Å². The zero-order valence-corrected chi connectivity index (χ0v) is 25.3. The van der Waals surface area contributed by atoms with Crippen molar-refractivity contribution in [3.8, 4) is 0 Å². The number of aromatic nitrogens is 2. The van der Waals surface area contributed by atoms with Crippen LogP contribution < -0.4 is 5.32 Å². The highest BCUT2D eigenvalue weighted by Gasteiger charge is 2.35. The number of carbonyl (C=O) groups is 4. The number of rotatable bonds is 7. The molecule has 1 aliphatic carbocycles. The van der Waals surface area contributed by atoms with Crippen molar-refractivity contribution in [1.82, 2.24) is 29.8 Å². The fraction of sp³-hybridized carbons (Fsp3) is 0.581. The van der Waals surface area contributed by atoms with Gasteiger partial charge in [0.2, 0.25) is 11.8 Å². The molecule has 1 N–H and O–H groups in total. The van der Waals surface area contributed by atoms with Crippen LogP contribution in [0.4, 0.5) is 0 Å². The summed E-state index contributed by atoms with van der Waals surface area (Å²) in [6.07, 6.45) is 3.02. The summed E-state index contributed by atoms with van der Waals surface area (Å²) in [5, 5.41) is 7.45. The van der Waals surface area contributed by atoms with Gasteiger partial charge in [0.1, 0.15) is 0 Å². The monoisotopic (exact) mass is 580 g/mol. The number of nitrogens with zero attached hydrogens (tertiary/aromatic N) is 5. The van der Waals surface area contributed by atoms with Crippen molar-refractivity contribution < 1.29 is 23.9 Å². The van der Waals surface area contributed by atoms with E-state index in [1.807, 2.05) is 18.0 Å². The van der Waals surface area contributed by atoms with Gasteiger partial charge in [0.25, 0.3) is 11.8 Å². The average molecular weight is 581 g/mol. The van der Waals surface area contributed by atoms with Gasteiger partial charge in [-0.25, -0.2) is 0 Å². The number of carbonyl (C=O) groups excluding carboxylic acids is 4. The Kier molecular flexibility index (Phi) is 10.7. The number of fused-ring (bicyclic) bond motifs is 1. The molecule has 228 valence electrons. The Bertz CT molecular complexity index is 1260. The average Bonchev–Trinajstić information content (AvgIpc) is 3.31. The van der Waals surface area contributed by atoms with Crippen LogP contribution in [-0.4, -0.2) is 107 Å². The maximum Gasteiger partial charge on any atom is 0.275 e. The molecule has 4 amide bonds. The van der Waals surface area contributed by atoms with Gasteiger partial charge in [-0.1, -0.05) is 32.0 Å². The highest BCUT2D eigenvalue weighted by Crippen LogP contribution is 2.29. The molecule has 1 aromatic carbocycles. The molecule has 4 rings (SSSR count). The van der Waals surface area contributed by atoms with E-state index in [4.69, 9.17) is 4.74 Å². The Morgan fingerprint density at radius 3 is 2.57 bits per heavy atom. The number of nitrogens with one attached hydrogen (secondary N) is 1. The molecule has 1 aromatic heterocycles. The molecule has 0 saturated heterocycles. The Balaban J connectivity index is 1.68. The predicted octanol–water partition coefficient (Wildman–Crippen LogP) is 1.90. The first-order chi connectivity index (χ1) is 20.2. The van der Waals surface area contributed by atoms with Crippen LogP contribution >= 0.6 is 0 Å². The fourth-order valence-electron chi connectivity index (χ4n) is 5.73. The molecule has 0 spiro atoms. The van der Waals surface area contributed by atoms with E-state index >= 15 is 0 Å². The lowest BCUT2D eigenvalue weighted by Crippen LogP contribution is -2.48. The molecular weight excluding hydrogens is 536 g/mol. The Morgan fingerprint density at radius 1 is 1.10 bits per heavy atom. The highest BCUT2D eigenvalue weighted by molar-refractivity contribution is 5.97. The molecule has 1 aliphatic heterocycles. The molecule has 11 nitrogen and oxygen atoms in total. The molecule has 11 heteroatoms. The smallest absolute Gasteiger partial charge is 0.275 e. The molecule has 2 aliphatic rings. The number of hydrogen-bond acceptors (Lipinski definition) is 6. The van der Waals surface area contributed by atoms with Crippen LogP contribution in [0, 0.1) is 5.92 Å². The van der Waals surface area contributed by atoms with Crippen LogP contribution in [0.3, 0.4) is 0 Å². The number of aryl methyl sites for hydroxylation is 1. The second kappa shape index (κ2) is 14.4. The number of benzene rings is 1. The molecular formula is C31H44N6O5. The van der Waals surface area contributed by atoms with Crippen molar-refractivity contribution in [1.29, 1.82) is 0 Å². The van der Waals surface area contributed by atoms with Crippen LogP contribution in [0.15, 0.2) is 30.3 Å². The molecule has 2 heterocycles. The van der Waals surface area contributed by atoms with Gasteiger partial charge in [0.15, 0.2) is 5.69 Å². The zero-order valence-electron chi connectivity index (χ0n) is 25.3. The lowest BCUT2D eigenvalue weighted by Gasteiger charge is -2.36. The van der Waals surface area contributed by atoms with Crippen LogP contribution in [0.1, 0.15) is 65.2 Å². The minimum Gasteiger partial charge on any atom is -0.383 e. The van der Waals surface area contributed by atoms with Crippen LogP contribution in [0.5, 0.6) is 0 Å².